The molecule has 13 heteroatoms. The average molecular weight is 638 g/mol. The maximum Gasteiger partial charge on any atom is 0.260 e. The Morgan fingerprint density at radius 3 is 2.49 bits per heavy atom. The number of ether oxygens (including phenoxy) is 2. The lowest BCUT2D eigenvalue weighted by molar-refractivity contribution is -0.135. The Kier molecular flexibility index (Phi) is 7.67. The van der Waals surface area contributed by atoms with Crippen LogP contribution in [0.3, 0.4) is 0 Å². The van der Waals surface area contributed by atoms with Gasteiger partial charge in [0.2, 0.25) is 21.8 Å². The molecule has 3 aromatic rings. The fourth-order valence-electron chi connectivity index (χ4n) is 6.83. The van der Waals surface area contributed by atoms with Crippen molar-refractivity contribution < 1.29 is 32.3 Å². The van der Waals surface area contributed by atoms with Gasteiger partial charge in [-0.25, -0.2) is 8.42 Å². The normalized spacial score (nSPS) is 20.2. The van der Waals surface area contributed by atoms with E-state index in [1.54, 1.807) is 28.8 Å². The molecule has 2 fully saturated rings. The molecule has 2 aromatic carbocycles. The molecule has 1 unspecified atom stereocenters. The summed E-state index contributed by atoms with van der Waals surface area (Å²) in [7, 11) is -2.06. The van der Waals surface area contributed by atoms with Crippen molar-refractivity contribution in [2.45, 2.75) is 70.3 Å². The van der Waals surface area contributed by atoms with Crippen molar-refractivity contribution in [3.05, 3.63) is 46.1 Å². The second-order valence-corrected chi connectivity index (χ2v) is 14.7. The molecule has 0 spiro atoms. The van der Waals surface area contributed by atoms with Crippen LogP contribution in [0.1, 0.15) is 60.6 Å². The SMILES string of the molecule is Cc1c(C)c(S(=O)(=O)N2CCN(C(=O)COc3cccc4c(C5CCC(=O)NC5=O)nn(C)c34)CC2)c(C)c2c1OC(C)(C)C2. The molecule has 0 saturated carbocycles. The van der Waals surface area contributed by atoms with E-state index in [-0.39, 0.29) is 56.9 Å². The van der Waals surface area contributed by atoms with Crippen molar-refractivity contribution in [3.8, 4) is 11.5 Å². The standard InChI is InChI=1S/C32H39N5O7S/c1-18-19(2)30(20(3)23-16-32(4,5)44-29(18)23)45(41,42)37-14-12-36(13-15-37)26(39)17-43-24-9-7-8-21-27(34-35(6)28(21)24)22-10-11-25(38)33-31(22)40/h7-9,22H,10-17H2,1-6H3,(H,33,38,40). The summed E-state index contributed by atoms with van der Waals surface area (Å²) in [5.74, 6) is -0.233. The molecule has 3 aliphatic rings. The molecule has 1 N–H and O–H groups in total. The lowest BCUT2D eigenvalue weighted by Crippen LogP contribution is -2.51. The molecule has 45 heavy (non-hydrogen) atoms. The largest absolute Gasteiger partial charge is 0.487 e. The summed E-state index contributed by atoms with van der Waals surface area (Å²) in [6.45, 7) is 10.2. The summed E-state index contributed by atoms with van der Waals surface area (Å²) in [5.41, 5.74) is 4.03. The Balaban J connectivity index is 1.13. The number of piperazine rings is 1. The summed E-state index contributed by atoms with van der Waals surface area (Å²) in [6, 6.07) is 5.36. The third-order valence-electron chi connectivity index (χ3n) is 9.26. The van der Waals surface area contributed by atoms with Crippen LogP contribution in [0.4, 0.5) is 0 Å². The van der Waals surface area contributed by atoms with E-state index in [4.69, 9.17) is 9.47 Å². The number of carbonyl (C=O) groups is 3. The summed E-state index contributed by atoms with van der Waals surface area (Å²) >= 11 is 0. The summed E-state index contributed by atoms with van der Waals surface area (Å²) in [5, 5.41) is 7.67. The van der Waals surface area contributed by atoms with Crippen molar-refractivity contribution >= 4 is 38.6 Å². The average Bonchev–Trinajstić information content (AvgIpc) is 3.51. The van der Waals surface area contributed by atoms with E-state index in [1.165, 1.54) is 4.31 Å². The lowest BCUT2D eigenvalue weighted by atomic mass is 9.93. The van der Waals surface area contributed by atoms with Crippen molar-refractivity contribution in [2.75, 3.05) is 32.8 Å². The molecule has 12 nitrogen and oxygen atoms in total. The Morgan fingerprint density at radius 1 is 1.09 bits per heavy atom. The number of benzene rings is 2. The first kappa shape index (κ1) is 31.0. The number of rotatable bonds is 6. The van der Waals surface area contributed by atoms with E-state index in [0.717, 1.165) is 27.8 Å². The molecule has 4 heterocycles. The van der Waals surface area contributed by atoms with Crippen LogP contribution in [0.5, 0.6) is 11.5 Å². The second kappa shape index (κ2) is 11.1. The van der Waals surface area contributed by atoms with Gasteiger partial charge in [0.05, 0.1) is 16.5 Å². The zero-order valence-electron chi connectivity index (χ0n) is 26.5. The molecule has 240 valence electrons. The fraction of sp³-hybridized carbons (Fsp3) is 0.500. The number of imide groups is 1. The van der Waals surface area contributed by atoms with E-state index < -0.39 is 21.5 Å². The number of para-hydroxylation sites is 1. The highest BCUT2D eigenvalue weighted by Crippen LogP contribution is 2.44. The Labute approximate surface area is 262 Å². The van der Waals surface area contributed by atoms with Gasteiger partial charge >= 0.3 is 0 Å². The Hall–Kier alpha value is -3.97. The van der Waals surface area contributed by atoms with Crippen molar-refractivity contribution in [3.63, 3.8) is 0 Å². The van der Waals surface area contributed by atoms with Crippen molar-refractivity contribution in [1.82, 2.24) is 24.3 Å². The molecule has 0 aliphatic carbocycles. The lowest BCUT2D eigenvalue weighted by Gasteiger charge is -2.34. The van der Waals surface area contributed by atoms with Gasteiger partial charge in [0, 0.05) is 57.0 Å². The van der Waals surface area contributed by atoms with E-state index in [1.807, 2.05) is 40.7 Å². The fourth-order valence-corrected chi connectivity index (χ4v) is 8.78. The van der Waals surface area contributed by atoms with E-state index in [0.29, 0.717) is 40.3 Å². The maximum absolute atomic E-state index is 13.9. The zero-order chi connectivity index (χ0) is 32.4. The monoisotopic (exact) mass is 637 g/mol. The first-order valence-electron chi connectivity index (χ1n) is 15.2. The van der Waals surface area contributed by atoms with E-state index >= 15 is 0 Å². The van der Waals surface area contributed by atoms with Gasteiger partial charge in [0.25, 0.3) is 5.91 Å². The van der Waals surface area contributed by atoms with Gasteiger partial charge in [0.15, 0.2) is 6.61 Å². The number of piperidine rings is 1. The number of amides is 3. The quantitative estimate of drug-likeness (QED) is 0.407. The number of nitrogens with one attached hydrogen (secondary N) is 1. The van der Waals surface area contributed by atoms with Crippen LogP contribution in [0.15, 0.2) is 23.1 Å². The summed E-state index contributed by atoms with van der Waals surface area (Å²) in [4.78, 5) is 39.3. The molecule has 0 bridgehead atoms. The van der Waals surface area contributed by atoms with Crippen LogP contribution in [-0.2, 0) is 37.9 Å². The molecule has 6 rings (SSSR count). The highest BCUT2D eigenvalue weighted by molar-refractivity contribution is 7.89. The molecule has 1 atom stereocenters. The number of carbonyl (C=O) groups excluding carboxylic acids is 3. The number of hydrogen-bond acceptors (Lipinski definition) is 8. The first-order chi connectivity index (χ1) is 21.2. The predicted molar refractivity (Wildman–Crippen MR) is 166 cm³/mol. The Bertz CT molecular complexity index is 1860. The molecular weight excluding hydrogens is 598 g/mol. The number of aryl methyl sites for hydroxylation is 1. The minimum absolute atomic E-state index is 0.178. The Morgan fingerprint density at radius 2 is 1.80 bits per heavy atom. The molecular formula is C32H39N5O7S. The van der Waals surface area contributed by atoms with Crippen LogP contribution in [0.2, 0.25) is 0 Å². The van der Waals surface area contributed by atoms with Crippen LogP contribution in [-0.4, -0.2) is 83.5 Å². The van der Waals surface area contributed by atoms with Gasteiger partial charge in [0.1, 0.15) is 22.6 Å². The summed E-state index contributed by atoms with van der Waals surface area (Å²) < 4.78 is 43.1. The second-order valence-electron chi connectivity index (χ2n) is 12.8. The third-order valence-corrected chi connectivity index (χ3v) is 11.4. The molecule has 1 aromatic heterocycles. The van der Waals surface area contributed by atoms with Crippen molar-refractivity contribution in [1.29, 1.82) is 0 Å². The zero-order valence-corrected chi connectivity index (χ0v) is 27.3. The number of hydrogen-bond donors (Lipinski definition) is 1. The highest BCUT2D eigenvalue weighted by atomic mass is 32.2. The van der Waals surface area contributed by atoms with Gasteiger partial charge < -0.3 is 14.4 Å². The van der Waals surface area contributed by atoms with Gasteiger partial charge in [-0.15, -0.1) is 0 Å². The van der Waals surface area contributed by atoms with Crippen LogP contribution < -0.4 is 14.8 Å². The topological polar surface area (TPSA) is 140 Å². The van der Waals surface area contributed by atoms with Crippen molar-refractivity contribution in [2.24, 2.45) is 7.05 Å². The molecule has 3 amide bonds. The predicted octanol–water partition coefficient (Wildman–Crippen LogP) is 2.64. The van der Waals surface area contributed by atoms with E-state index in [2.05, 4.69) is 10.4 Å². The maximum atomic E-state index is 13.9. The van der Waals surface area contributed by atoms with Gasteiger partial charge in [-0.05, 0) is 63.8 Å². The minimum atomic E-state index is -3.80. The van der Waals surface area contributed by atoms with Crippen LogP contribution in [0, 0.1) is 20.8 Å². The minimum Gasteiger partial charge on any atom is -0.487 e. The number of nitrogens with zero attached hydrogens (tertiary/aromatic N) is 4. The smallest absolute Gasteiger partial charge is 0.260 e. The summed E-state index contributed by atoms with van der Waals surface area (Å²) in [6.07, 6.45) is 1.26. The third kappa shape index (κ3) is 5.35. The molecule has 3 aliphatic heterocycles. The van der Waals surface area contributed by atoms with Crippen LogP contribution in [0.25, 0.3) is 10.9 Å². The van der Waals surface area contributed by atoms with Crippen LogP contribution >= 0.6 is 0 Å². The first-order valence-corrected chi connectivity index (χ1v) is 16.7. The number of fused-ring (bicyclic) bond motifs is 2. The van der Waals surface area contributed by atoms with E-state index in [9.17, 15) is 22.8 Å². The molecule has 2 saturated heterocycles. The van der Waals surface area contributed by atoms with Gasteiger partial charge in [-0.3, -0.25) is 24.4 Å². The number of aromatic nitrogens is 2. The molecule has 0 radical (unpaired) electrons. The highest BCUT2D eigenvalue weighted by Gasteiger charge is 2.39. The van der Waals surface area contributed by atoms with Gasteiger partial charge in [-0.2, -0.15) is 9.40 Å². The number of sulfonamides is 1. The van der Waals surface area contributed by atoms with Gasteiger partial charge in [-0.1, -0.05) is 12.1 Å².